The molecule has 0 fully saturated rings. The van der Waals surface area contributed by atoms with Crippen LogP contribution in [0.1, 0.15) is 47.8 Å². The SMILES string of the molecule is COc1ccc(-c2nc(-c3cc(C(=O)O)cc(C(=O)O)c3)n(Cc3ccc(C(=O)NCCOCCOCCN)cc3)c2-c2ccc(OC)c(C)c2)cc1C. The van der Waals surface area contributed by atoms with E-state index in [1.807, 2.05) is 66.9 Å². The molecular formula is C41H44N4O9. The van der Waals surface area contributed by atoms with Gasteiger partial charge in [-0.25, -0.2) is 14.6 Å². The van der Waals surface area contributed by atoms with Gasteiger partial charge in [0, 0.05) is 41.9 Å². The van der Waals surface area contributed by atoms with Crippen molar-refractivity contribution in [3.8, 4) is 45.4 Å². The van der Waals surface area contributed by atoms with E-state index in [-0.39, 0.29) is 23.6 Å². The van der Waals surface area contributed by atoms with Crippen LogP contribution in [0.2, 0.25) is 0 Å². The van der Waals surface area contributed by atoms with E-state index >= 15 is 0 Å². The second-order valence-corrected chi connectivity index (χ2v) is 12.5. The van der Waals surface area contributed by atoms with Gasteiger partial charge in [0.2, 0.25) is 0 Å². The van der Waals surface area contributed by atoms with Crippen LogP contribution in [-0.2, 0) is 16.0 Å². The molecule has 5 aromatic rings. The van der Waals surface area contributed by atoms with Crippen molar-refractivity contribution in [2.45, 2.75) is 20.4 Å². The first-order valence-electron chi connectivity index (χ1n) is 17.3. The highest BCUT2D eigenvalue weighted by Crippen LogP contribution is 2.40. The van der Waals surface area contributed by atoms with Gasteiger partial charge in [-0.15, -0.1) is 0 Å². The molecule has 1 amide bonds. The monoisotopic (exact) mass is 736 g/mol. The quantitative estimate of drug-likeness (QED) is 0.0811. The summed E-state index contributed by atoms with van der Waals surface area (Å²) in [6, 6.07) is 22.6. The molecule has 0 aliphatic heterocycles. The van der Waals surface area contributed by atoms with E-state index in [1.165, 1.54) is 12.1 Å². The normalized spacial score (nSPS) is 11.0. The number of carbonyl (C=O) groups is 3. The maximum absolute atomic E-state index is 12.9. The summed E-state index contributed by atoms with van der Waals surface area (Å²) in [7, 11) is 3.20. The van der Waals surface area contributed by atoms with Crippen molar-refractivity contribution in [3.63, 3.8) is 0 Å². The number of hydrogen-bond acceptors (Lipinski definition) is 9. The van der Waals surface area contributed by atoms with Gasteiger partial charge >= 0.3 is 11.9 Å². The predicted octanol–water partition coefficient (Wildman–Crippen LogP) is 5.68. The Kier molecular flexibility index (Phi) is 13.2. The number of nitrogens with two attached hydrogens (primary N) is 1. The number of hydrogen-bond donors (Lipinski definition) is 4. The molecule has 0 unspecified atom stereocenters. The summed E-state index contributed by atoms with van der Waals surface area (Å²) in [5.74, 6) is -1.05. The molecule has 13 nitrogen and oxygen atoms in total. The van der Waals surface area contributed by atoms with Crippen molar-refractivity contribution in [1.29, 1.82) is 0 Å². The van der Waals surface area contributed by atoms with Crippen LogP contribution in [-0.4, -0.2) is 91.3 Å². The molecule has 0 saturated heterocycles. The van der Waals surface area contributed by atoms with Gasteiger partial charge in [0.25, 0.3) is 5.91 Å². The van der Waals surface area contributed by atoms with Crippen LogP contribution < -0.4 is 20.5 Å². The second-order valence-electron chi connectivity index (χ2n) is 12.5. The predicted molar refractivity (Wildman–Crippen MR) is 204 cm³/mol. The molecule has 4 aromatic carbocycles. The van der Waals surface area contributed by atoms with Gasteiger partial charge < -0.3 is 44.8 Å². The third-order valence-electron chi connectivity index (χ3n) is 8.71. The molecule has 0 radical (unpaired) electrons. The minimum Gasteiger partial charge on any atom is -0.496 e. The lowest BCUT2D eigenvalue weighted by atomic mass is 10.0. The van der Waals surface area contributed by atoms with E-state index < -0.39 is 11.9 Å². The number of carboxylic acid groups (broad SMARTS) is 2. The molecule has 282 valence electrons. The Labute approximate surface area is 313 Å². The van der Waals surface area contributed by atoms with Gasteiger partial charge in [-0.3, -0.25) is 4.79 Å². The summed E-state index contributed by atoms with van der Waals surface area (Å²) in [5.41, 5.74) is 11.2. The number of methoxy groups -OCH3 is 2. The maximum atomic E-state index is 12.9. The number of nitrogens with zero attached hydrogens (tertiary/aromatic N) is 2. The molecule has 0 atom stereocenters. The molecule has 5 rings (SSSR count). The number of nitrogens with one attached hydrogen (secondary N) is 1. The Bertz CT molecular complexity index is 2090. The van der Waals surface area contributed by atoms with Gasteiger partial charge in [-0.2, -0.15) is 0 Å². The molecule has 13 heteroatoms. The zero-order chi connectivity index (χ0) is 38.8. The van der Waals surface area contributed by atoms with Crippen molar-refractivity contribution in [2.24, 2.45) is 5.73 Å². The number of imidazole rings is 1. The van der Waals surface area contributed by atoms with Gasteiger partial charge in [0.05, 0.1) is 63.2 Å². The number of amides is 1. The Morgan fingerprint density at radius 2 is 1.28 bits per heavy atom. The van der Waals surface area contributed by atoms with Crippen molar-refractivity contribution < 1.29 is 43.5 Å². The number of rotatable bonds is 18. The number of benzene rings is 4. The minimum absolute atomic E-state index is 0.191. The molecule has 1 heterocycles. The maximum Gasteiger partial charge on any atom is 0.335 e. The van der Waals surface area contributed by atoms with Crippen LogP contribution in [0.25, 0.3) is 33.9 Å². The highest BCUT2D eigenvalue weighted by atomic mass is 16.5. The fraction of sp³-hybridized carbons (Fsp3) is 0.268. The number of ether oxygens (including phenoxy) is 4. The van der Waals surface area contributed by atoms with Crippen LogP contribution in [0.15, 0.2) is 78.9 Å². The van der Waals surface area contributed by atoms with Crippen LogP contribution in [0.4, 0.5) is 0 Å². The summed E-state index contributed by atoms with van der Waals surface area (Å²) in [6.07, 6.45) is 0. The molecule has 0 bridgehead atoms. The van der Waals surface area contributed by atoms with E-state index in [0.717, 1.165) is 33.9 Å². The van der Waals surface area contributed by atoms with E-state index in [4.69, 9.17) is 29.7 Å². The van der Waals surface area contributed by atoms with Gasteiger partial charge in [0.15, 0.2) is 0 Å². The lowest BCUT2D eigenvalue weighted by Crippen LogP contribution is -2.27. The number of aromatic nitrogens is 2. The van der Waals surface area contributed by atoms with Gasteiger partial charge in [-0.1, -0.05) is 12.1 Å². The summed E-state index contributed by atoms with van der Waals surface area (Å²) in [4.78, 5) is 42.4. The largest absolute Gasteiger partial charge is 0.496 e. The zero-order valence-corrected chi connectivity index (χ0v) is 30.7. The van der Waals surface area contributed by atoms with Crippen molar-refractivity contribution in [1.82, 2.24) is 14.9 Å². The highest BCUT2D eigenvalue weighted by molar-refractivity contribution is 5.96. The van der Waals surface area contributed by atoms with E-state index in [9.17, 15) is 24.6 Å². The van der Waals surface area contributed by atoms with E-state index in [0.29, 0.717) is 79.4 Å². The number of aryl methyl sites for hydroxylation is 2. The fourth-order valence-electron chi connectivity index (χ4n) is 6.06. The molecule has 0 aliphatic rings. The lowest BCUT2D eigenvalue weighted by molar-refractivity contribution is 0.0511. The van der Waals surface area contributed by atoms with Gasteiger partial charge in [0.1, 0.15) is 17.3 Å². The average molecular weight is 737 g/mol. The molecule has 1 aromatic heterocycles. The lowest BCUT2D eigenvalue weighted by Gasteiger charge is -2.16. The zero-order valence-electron chi connectivity index (χ0n) is 30.7. The molecular weight excluding hydrogens is 692 g/mol. The highest BCUT2D eigenvalue weighted by Gasteiger charge is 2.25. The first kappa shape index (κ1) is 39.2. The van der Waals surface area contributed by atoms with Gasteiger partial charge in [-0.05, 0) is 97.3 Å². The topological polar surface area (TPSA) is 184 Å². The van der Waals surface area contributed by atoms with E-state index in [2.05, 4.69) is 5.32 Å². The summed E-state index contributed by atoms with van der Waals surface area (Å²) in [5, 5.41) is 22.7. The number of carbonyl (C=O) groups excluding carboxylic acids is 1. The second kappa shape index (κ2) is 18.1. The minimum atomic E-state index is -1.27. The third-order valence-corrected chi connectivity index (χ3v) is 8.71. The van der Waals surface area contributed by atoms with Crippen LogP contribution in [0.5, 0.6) is 11.5 Å². The first-order chi connectivity index (χ1) is 26.0. The molecule has 0 spiro atoms. The summed E-state index contributed by atoms with van der Waals surface area (Å²) < 4.78 is 23.8. The first-order valence-corrected chi connectivity index (χ1v) is 17.3. The van der Waals surface area contributed by atoms with E-state index in [1.54, 1.807) is 26.4 Å². The molecule has 5 N–H and O–H groups in total. The molecule has 0 aliphatic carbocycles. The smallest absolute Gasteiger partial charge is 0.335 e. The van der Waals surface area contributed by atoms with Crippen LogP contribution >= 0.6 is 0 Å². The van der Waals surface area contributed by atoms with Crippen LogP contribution in [0, 0.1) is 13.8 Å². The van der Waals surface area contributed by atoms with Crippen molar-refractivity contribution in [3.05, 3.63) is 112 Å². The number of aromatic carboxylic acids is 2. The Hall–Kier alpha value is -6.02. The Morgan fingerprint density at radius 1 is 0.704 bits per heavy atom. The summed E-state index contributed by atoms with van der Waals surface area (Å²) in [6.45, 7) is 6.49. The average Bonchev–Trinajstić information content (AvgIpc) is 3.54. The Morgan fingerprint density at radius 3 is 1.83 bits per heavy atom. The van der Waals surface area contributed by atoms with Crippen molar-refractivity contribution in [2.75, 3.05) is 53.7 Å². The third kappa shape index (κ3) is 9.31. The Balaban J connectivity index is 1.60. The standard InChI is InChI=1S/C41H44N4O9/c1-25-19-29(9-11-34(25)51-3)36-37(30-10-12-35(52-4)26(2)20-30)45(38(44-36)31-21-32(40(47)48)23-33(22-31)41(49)50)24-27-5-7-28(8-6-27)39(46)43-14-16-54-18-17-53-15-13-42/h5-12,19-23H,13-18,24,42H2,1-4H3,(H,43,46)(H,47,48)(H,49,50). The number of carboxylic acids is 2. The molecule has 54 heavy (non-hydrogen) atoms. The van der Waals surface area contributed by atoms with Crippen LogP contribution in [0.3, 0.4) is 0 Å². The van der Waals surface area contributed by atoms with Crippen molar-refractivity contribution >= 4 is 17.8 Å². The summed E-state index contributed by atoms with van der Waals surface area (Å²) >= 11 is 0. The fourth-order valence-corrected chi connectivity index (χ4v) is 6.06. The molecule has 0 saturated carbocycles.